The van der Waals surface area contributed by atoms with Gasteiger partial charge in [0.2, 0.25) is 0 Å². The van der Waals surface area contributed by atoms with E-state index in [0.29, 0.717) is 0 Å². The van der Waals surface area contributed by atoms with Gasteiger partial charge in [0.05, 0.1) is 0 Å². The fraction of sp³-hybridized carbons (Fsp3) is 0.368. The summed E-state index contributed by atoms with van der Waals surface area (Å²) < 4.78 is 0. The Balaban J connectivity index is 1.69. The van der Waals surface area contributed by atoms with Crippen LogP contribution in [0.3, 0.4) is 0 Å². The molecule has 2 aliphatic rings. The van der Waals surface area contributed by atoms with Crippen molar-refractivity contribution in [3.63, 3.8) is 0 Å². The molecule has 0 heterocycles. The third-order valence-corrected chi connectivity index (χ3v) is 5.26. The third kappa shape index (κ3) is 1.66. The van der Waals surface area contributed by atoms with Crippen molar-refractivity contribution >= 4 is 0 Å². The van der Waals surface area contributed by atoms with E-state index in [-0.39, 0.29) is 0 Å². The zero-order valence-corrected chi connectivity index (χ0v) is 11.5. The fourth-order valence-corrected chi connectivity index (χ4v) is 4.52. The molecule has 1 saturated carbocycles. The second-order valence-electron chi connectivity index (χ2n) is 6.22. The normalized spacial score (nSPS) is 27.5. The maximum atomic E-state index is 2.38. The summed E-state index contributed by atoms with van der Waals surface area (Å²) in [4.78, 5) is 0. The van der Waals surface area contributed by atoms with Crippen molar-refractivity contribution in [1.29, 1.82) is 0 Å². The topological polar surface area (TPSA) is 0 Å². The Morgan fingerprint density at radius 1 is 0.895 bits per heavy atom. The quantitative estimate of drug-likeness (QED) is 0.714. The van der Waals surface area contributed by atoms with Crippen molar-refractivity contribution in [2.45, 2.75) is 38.0 Å². The maximum Gasteiger partial charge on any atom is -0.0119 e. The lowest BCUT2D eigenvalue weighted by atomic mass is 9.87. The highest BCUT2D eigenvalue weighted by atomic mass is 14.5. The zero-order valence-electron chi connectivity index (χ0n) is 11.5. The molecule has 0 nitrogen and oxygen atoms in total. The molecule has 2 bridgehead atoms. The van der Waals surface area contributed by atoms with Crippen LogP contribution in [0.15, 0.2) is 48.5 Å². The average molecular weight is 248 g/mol. The van der Waals surface area contributed by atoms with Crippen LogP contribution in [0.25, 0.3) is 0 Å². The van der Waals surface area contributed by atoms with E-state index in [0.717, 1.165) is 17.8 Å². The smallest absolute Gasteiger partial charge is 0.0119 e. The van der Waals surface area contributed by atoms with Crippen LogP contribution >= 0.6 is 0 Å². The van der Waals surface area contributed by atoms with Crippen molar-refractivity contribution < 1.29 is 0 Å². The van der Waals surface area contributed by atoms with Gasteiger partial charge in [-0.25, -0.2) is 0 Å². The van der Waals surface area contributed by atoms with E-state index in [9.17, 15) is 0 Å². The number of hydrogen-bond acceptors (Lipinski definition) is 0. The minimum atomic E-state index is 0.820. The highest BCUT2D eigenvalue weighted by Gasteiger charge is 2.45. The van der Waals surface area contributed by atoms with Gasteiger partial charge in [-0.3, -0.25) is 0 Å². The number of fused-ring (bicyclic) bond motifs is 5. The molecule has 1 fully saturated rings. The van der Waals surface area contributed by atoms with Gasteiger partial charge < -0.3 is 0 Å². The summed E-state index contributed by atoms with van der Waals surface area (Å²) in [7, 11) is 0. The molecule has 0 radical (unpaired) electrons. The van der Waals surface area contributed by atoms with Crippen LogP contribution in [0.4, 0.5) is 0 Å². The summed E-state index contributed by atoms with van der Waals surface area (Å²) in [5.74, 6) is 2.49. The Bertz CT molecular complexity index is 597. The molecule has 0 N–H and O–H groups in total. The standard InChI is InChI=1S/C19H20/c1-13-6-5-9-16-15-10-11-17(19(13)16)18(15)12-14-7-3-2-4-8-14/h2-9,15,17-18H,10-12H2,1H3. The first-order valence-corrected chi connectivity index (χ1v) is 7.48. The molecular formula is C19H20. The second-order valence-corrected chi connectivity index (χ2v) is 6.22. The molecule has 96 valence electrons. The highest BCUT2D eigenvalue weighted by molar-refractivity contribution is 5.47. The molecule has 0 heteroatoms. The molecule has 3 atom stereocenters. The fourth-order valence-electron chi connectivity index (χ4n) is 4.52. The molecular weight excluding hydrogens is 228 g/mol. The van der Waals surface area contributed by atoms with Crippen LogP contribution in [-0.4, -0.2) is 0 Å². The van der Waals surface area contributed by atoms with E-state index >= 15 is 0 Å². The molecule has 3 unspecified atom stereocenters. The van der Waals surface area contributed by atoms with Crippen LogP contribution < -0.4 is 0 Å². The van der Waals surface area contributed by atoms with Gasteiger partial charge in [-0.15, -0.1) is 0 Å². The minimum absolute atomic E-state index is 0.820. The van der Waals surface area contributed by atoms with Crippen LogP contribution in [0.2, 0.25) is 0 Å². The van der Waals surface area contributed by atoms with Gasteiger partial charge in [0.25, 0.3) is 0 Å². The summed E-state index contributed by atoms with van der Waals surface area (Å²) in [6.45, 7) is 2.29. The first-order valence-electron chi connectivity index (χ1n) is 7.48. The molecule has 2 aromatic rings. The summed E-state index contributed by atoms with van der Waals surface area (Å²) in [6, 6.07) is 17.9. The summed E-state index contributed by atoms with van der Waals surface area (Å²) in [5, 5.41) is 0. The molecule has 0 saturated heterocycles. The van der Waals surface area contributed by atoms with E-state index in [1.165, 1.54) is 30.4 Å². The molecule has 2 aliphatic carbocycles. The van der Waals surface area contributed by atoms with Gasteiger partial charge in [0, 0.05) is 0 Å². The Morgan fingerprint density at radius 2 is 1.68 bits per heavy atom. The van der Waals surface area contributed by atoms with Gasteiger partial charge >= 0.3 is 0 Å². The van der Waals surface area contributed by atoms with Crippen molar-refractivity contribution in [1.82, 2.24) is 0 Å². The molecule has 0 aliphatic heterocycles. The van der Waals surface area contributed by atoms with Crippen molar-refractivity contribution in [2.24, 2.45) is 5.92 Å². The third-order valence-electron chi connectivity index (χ3n) is 5.26. The predicted molar refractivity (Wildman–Crippen MR) is 79.5 cm³/mol. The van der Waals surface area contributed by atoms with Gasteiger partial charge in [0.15, 0.2) is 0 Å². The van der Waals surface area contributed by atoms with Crippen molar-refractivity contribution in [3.8, 4) is 0 Å². The number of hydrogen-bond donors (Lipinski definition) is 0. The monoisotopic (exact) mass is 248 g/mol. The zero-order chi connectivity index (χ0) is 12.8. The van der Waals surface area contributed by atoms with E-state index < -0.39 is 0 Å². The Morgan fingerprint density at radius 3 is 2.47 bits per heavy atom. The lowest BCUT2D eigenvalue weighted by Gasteiger charge is -2.17. The Hall–Kier alpha value is -1.56. The minimum Gasteiger partial charge on any atom is -0.0622 e. The summed E-state index contributed by atoms with van der Waals surface area (Å²) in [5.41, 5.74) is 6.38. The molecule has 4 rings (SSSR count). The predicted octanol–water partition coefficient (Wildman–Crippen LogP) is 4.83. The SMILES string of the molecule is Cc1cccc2c1C1CCC2C1Cc1ccccc1. The molecule has 0 spiro atoms. The van der Waals surface area contributed by atoms with Crippen LogP contribution in [0.5, 0.6) is 0 Å². The maximum absolute atomic E-state index is 2.38. The van der Waals surface area contributed by atoms with Crippen LogP contribution in [-0.2, 0) is 6.42 Å². The summed E-state index contributed by atoms with van der Waals surface area (Å²) in [6.07, 6.45) is 4.06. The van der Waals surface area contributed by atoms with Gasteiger partial charge in [0.1, 0.15) is 0 Å². The van der Waals surface area contributed by atoms with Crippen LogP contribution in [0.1, 0.15) is 46.9 Å². The largest absolute Gasteiger partial charge is 0.0622 e. The van der Waals surface area contributed by atoms with Crippen molar-refractivity contribution in [3.05, 3.63) is 70.8 Å². The van der Waals surface area contributed by atoms with Gasteiger partial charge in [-0.2, -0.15) is 0 Å². The van der Waals surface area contributed by atoms with Crippen LogP contribution in [0, 0.1) is 12.8 Å². The first-order chi connectivity index (χ1) is 9.34. The van der Waals surface area contributed by atoms with E-state index in [1.54, 1.807) is 11.1 Å². The lowest BCUT2D eigenvalue weighted by molar-refractivity contribution is 0.478. The molecule has 19 heavy (non-hydrogen) atoms. The Labute approximate surface area is 115 Å². The van der Waals surface area contributed by atoms with Gasteiger partial charge in [-0.1, -0.05) is 48.5 Å². The average Bonchev–Trinajstić information content (AvgIpc) is 2.96. The molecule has 0 aromatic heterocycles. The summed E-state index contributed by atoms with van der Waals surface area (Å²) >= 11 is 0. The van der Waals surface area contributed by atoms with Crippen molar-refractivity contribution in [2.75, 3.05) is 0 Å². The number of aryl methyl sites for hydroxylation is 1. The second kappa shape index (κ2) is 4.23. The Kier molecular flexibility index (Phi) is 2.51. The van der Waals surface area contributed by atoms with E-state index in [1.807, 2.05) is 0 Å². The van der Waals surface area contributed by atoms with E-state index in [2.05, 4.69) is 55.5 Å². The van der Waals surface area contributed by atoms with E-state index in [4.69, 9.17) is 0 Å². The number of benzene rings is 2. The van der Waals surface area contributed by atoms with Gasteiger partial charge in [-0.05, 0) is 66.2 Å². The molecule has 2 aromatic carbocycles. The lowest BCUT2D eigenvalue weighted by Crippen LogP contribution is -2.07. The number of rotatable bonds is 2. The highest BCUT2D eigenvalue weighted by Crippen LogP contribution is 2.58. The molecule has 0 amide bonds. The first kappa shape index (κ1) is 11.3.